The van der Waals surface area contributed by atoms with E-state index >= 15 is 0 Å². The topological polar surface area (TPSA) is 88.1 Å². The van der Waals surface area contributed by atoms with E-state index < -0.39 is 0 Å². The van der Waals surface area contributed by atoms with E-state index in [9.17, 15) is 4.79 Å². The van der Waals surface area contributed by atoms with Gasteiger partial charge in [0.05, 0.1) is 12.8 Å². The van der Waals surface area contributed by atoms with Crippen LogP contribution in [0.3, 0.4) is 0 Å². The quantitative estimate of drug-likeness (QED) is 0.904. The number of carbonyl (C=O) groups is 1. The van der Waals surface area contributed by atoms with Crippen LogP contribution < -0.4 is 10.1 Å². The standard InChI is InChI=1S/C15H22N6O2/c1-10-13(14(23-3)19-20(10)2)17-15(22)21-8-4-5-11(9-21)12-6-7-16-18-12/h6-7,11H,4-5,8-9H2,1-3H3,(H,16,18)(H,17,22). The van der Waals surface area contributed by atoms with E-state index in [1.165, 1.54) is 0 Å². The Balaban J connectivity index is 1.71. The molecule has 3 rings (SSSR count). The van der Waals surface area contributed by atoms with E-state index in [-0.39, 0.29) is 6.03 Å². The molecule has 8 heteroatoms. The number of amides is 2. The molecule has 1 unspecified atom stereocenters. The first-order chi connectivity index (χ1) is 11.1. The molecule has 0 radical (unpaired) electrons. The molecule has 2 amide bonds. The number of anilines is 1. The highest BCUT2D eigenvalue weighted by Gasteiger charge is 2.27. The SMILES string of the molecule is COc1nn(C)c(C)c1NC(=O)N1CCCC(c2ccn[nH]2)C1. The average Bonchev–Trinajstić information content (AvgIpc) is 3.19. The van der Waals surface area contributed by atoms with Gasteiger partial charge < -0.3 is 15.0 Å². The number of rotatable bonds is 3. The lowest BCUT2D eigenvalue weighted by Crippen LogP contribution is -2.41. The second-order valence-electron chi connectivity index (χ2n) is 5.82. The largest absolute Gasteiger partial charge is 0.478 e. The highest BCUT2D eigenvalue weighted by molar-refractivity contribution is 5.91. The number of hydrogen-bond acceptors (Lipinski definition) is 4. The zero-order chi connectivity index (χ0) is 16.4. The van der Waals surface area contributed by atoms with E-state index in [2.05, 4.69) is 20.6 Å². The second kappa shape index (κ2) is 6.31. The van der Waals surface area contributed by atoms with Gasteiger partial charge in [-0.05, 0) is 25.8 Å². The molecule has 2 aromatic rings. The van der Waals surface area contributed by atoms with Gasteiger partial charge in [-0.2, -0.15) is 5.10 Å². The molecule has 0 aliphatic carbocycles. The predicted octanol–water partition coefficient (Wildman–Crippen LogP) is 1.87. The summed E-state index contributed by atoms with van der Waals surface area (Å²) in [4.78, 5) is 14.4. The molecule has 0 saturated carbocycles. The number of nitrogens with zero attached hydrogens (tertiary/aromatic N) is 4. The Morgan fingerprint density at radius 1 is 1.52 bits per heavy atom. The molecule has 1 saturated heterocycles. The van der Waals surface area contributed by atoms with Crippen LogP contribution in [0.25, 0.3) is 0 Å². The minimum absolute atomic E-state index is 0.122. The van der Waals surface area contributed by atoms with Crippen LogP contribution in [0.5, 0.6) is 5.88 Å². The molecule has 2 aromatic heterocycles. The molecular weight excluding hydrogens is 296 g/mol. The molecule has 23 heavy (non-hydrogen) atoms. The van der Waals surface area contributed by atoms with Crippen molar-refractivity contribution in [2.75, 3.05) is 25.5 Å². The van der Waals surface area contributed by atoms with Crippen LogP contribution in [0.4, 0.5) is 10.5 Å². The van der Waals surface area contributed by atoms with E-state index in [1.807, 2.05) is 24.9 Å². The summed E-state index contributed by atoms with van der Waals surface area (Å²) in [5, 5.41) is 14.2. The Morgan fingerprint density at radius 3 is 3.04 bits per heavy atom. The Labute approximate surface area is 134 Å². The third-order valence-electron chi connectivity index (χ3n) is 4.40. The summed E-state index contributed by atoms with van der Waals surface area (Å²) >= 11 is 0. The van der Waals surface area contributed by atoms with E-state index in [0.29, 0.717) is 24.0 Å². The van der Waals surface area contributed by atoms with Crippen molar-refractivity contribution in [1.29, 1.82) is 0 Å². The number of aromatic amines is 1. The van der Waals surface area contributed by atoms with Crippen LogP contribution in [-0.4, -0.2) is 51.1 Å². The number of aryl methyl sites for hydroxylation is 1. The number of ether oxygens (including phenoxy) is 1. The molecular formula is C15H22N6O2. The Hall–Kier alpha value is -2.51. The number of urea groups is 1. The minimum atomic E-state index is -0.122. The number of aromatic nitrogens is 4. The van der Waals surface area contributed by atoms with Gasteiger partial charge in [-0.3, -0.25) is 9.78 Å². The maximum atomic E-state index is 12.6. The van der Waals surface area contributed by atoms with Crippen molar-refractivity contribution in [2.24, 2.45) is 7.05 Å². The van der Waals surface area contributed by atoms with E-state index in [4.69, 9.17) is 4.74 Å². The molecule has 1 aliphatic heterocycles. The maximum absolute atomic E-state index is 12.6. The second-order valence-corrected chi connectivity index (χ2v) is 5.82. The number of likely N-dealkylation sites (tertiary alicyclic amines) is 1. The van der Waals surface area contributed by atoms with Crippen LogP contribution >= 0.6 is 0 Å². The van der Waals surface area contributed by atoms with E-state index in [0.717, 1.165) is 30.8 Å². The molecule has 0 bridgehead atoms. The number of H-pyrrole nitrogens is 1. The highest BCUT2D eigenvalue weighted by atomic mass is 16.5. The predicted molar refractivity (Wildman–Crippen MR) is 85.7 cm³/mol. The minimum Gasteiger partial charge on any atom is -0.478 e. The van der Waals surface area contributed by atoms with Crippen LogP contribution in [-0.2, 0) is 7.05 Å². The monoisotopic (exact) mass is 318 g/mol. The fourth-order valence-corrected chi connectivity index (χ4v) is 2.96. The molecule has 124 valence electrons. The third-order valence-corrected chi connectivity index (χ3v) is 4.40. The van der Waals surface area contributed by atoms with Crippen LogP contribution in [0, 0.1) is 6.92 Å². The van der Waals surface area contributed by atoms with Crippen LogP contribution in [0.2, 0.25) is 0 Å². The molecule has 2 N–H and O–H groups in total. The summed E-state index contributed by atoms with van der Waals surface area (Å²) in [6.45, 7) is 3.32. The lowest BCUT2D eigenvalue weighted by molar-refractivity contribution is 0.192. The molecule has 1 atom stereocenters. The average molecular weight is 318 g/mol. The first-order valence-corrected chi connectivity index (χ1v) is 7.73. The molecule has 1 aliphatic rings. The van der Waals surface area contributed by atoms with Gasteiger partial charge in [0, 0.05) is 37.9 Å². The van der Waals surface area contributed by atoms with Crippen molar-refractivity contribution in [3.8, 4) is 5.88 Å². The summed E-state index contributed by atoms with van der Waals surface area (Å²) in [6.07, 6.45) is 3.78. The Morgan fingerprint density at radius 2 is 2.35 bits per heavy atom. The molecule has 8 nitrogen and oxygen atoms in total. The van der Waals surface area contributed by atoms with Crippen molar-refractivity contribution >= 4 is 11.7 Å². The molecule has 0 spiro atoms. The normalized spacial score (nSPS) is 18.0. The number of piperidine rings is 1. The van der Waals surface area contributed by atoms with Crippen molar-refractivity contribution in [1.82, 2.24) is 24.9 Å². The van der Waals surface area contributed by atoms with Gasteiger partial charge >= 0.3 is 6.03 Å². The van der Waals surface area contributed by atoms with Crippen LogP contribution in [0.1, 0.15) is 30.1 Å². The summed E-state index contributed by atoms with van der Waals surface area (Å²) in [5.74, 6) is 0.731. The third kappa shape index (κ3) is 3.01. The first-order valence-electron chi connectivity index (χ1n) is 7.73. The van der Waals surface area contributed by atoms with Crippen molar-refractivity contribution in [2.45, 2.75) is 25.7 Å². The molecule has 0 aromatic carbocycles. The van der Waals surface area contributed by atoms with Gasteiger partial charge in [-0.25, -0.2) is 4.79 Å². The van der Waals surface area contributed by atoms with E-state index in [1.54, 1.807) is 18.0 Å². The van der Waals surface area contributed by atoms with Gasteiger partial charge in [-0.15, -0.1) is 5.10 Å². The number of carbonyl (C=O) groups excluding carboxylic acids is 1. The smallest absolute Gasteiger partial charge is 0.322 e. The Bertz CT molecular complexity index is 678. The van der Waals surface area contributed by atoms with Gasteiger partial charge in [0.15, 0.2) is 0 Å². The number of hydrogen-bond donors (Lipinski definition) is 2. The maximum Gasteiger partial charge on any atom is 0.322 e. The fourth-order valence-electron chi connectivity index (χ4n) is 2.96. The van der Waals surface area contributed by atoms with Gasteiger partial charge in [0.1, 0.15) is 5.69 Å². The lowest BCUT2D eigenvalue weighted by atomic mass is 9.95. The zero-order valence-electron chi connectivity index (χ0n) is 13.7. The first kappa shape index (κ1) is 15.4. The summed E-state index contributed by atoms with van der Waals surface area (Å²) in [5.41, 5.74) is 2.57. The van der Waals surface area contributed by atoms with Gasteiger partial charge in [0.2, 0.25) is 0 Å². The summed E-state index contributed by atoms with van der Waals surface area (Å²) in [7, 11) is 3.37. The lowest BCUT2D eigenvalue weighted by Gasteiger charge is -2.32. The number of nitrogens with one attached hydrogen (secondary N) is 2. The van der Waals surface area contributed by atoms with Crippen molar-refractivity contribution in [3.63, 3.8) is 0 Å². The zero-order valence-corrected chi connectivity index (χ0v) is 13.7. The van der Waals surface area contributed by atoms with Crippen molar-refractivity contribution in [3.05, 3.63) is 23.7 Å². The van der Waals surface area contributed by atoms with Gasteiger partial charge in [0.25, 0.3) is 5.88 Å². The Kier molecular flexibility index (Phi) is 4.22. The molecule has 3 heterocycles. The fraction of sp³-hybridized carbons (Fsp3) is 0.533. The van der Waals surface area contributed by atoms with Crippen molar-refractivity contribution < 1.29 is 9.53 Å². The van der Waals surface area contributed by atoms with Crippen LogP contribution in [0.15, 0.2) is 12.3 Å². The van der Waals surface area contributed by atoms with Gasteiger partial charge in [-0.1, -0.05) is 0 Å². The summed E-state index contributed by atoms with van der Waals surface area (Å²) in [6, 6.07) is 1.85. The highest BCUT2D eigenvalue weighted by Crippen LogP contribution is 2.29. The number of methoxy groups -OCH3 is 1. The molecule has 1 fully saturated rings. The summed E-state index contributed by atoms with van der Waals surface area (Å²) < 4.78 is 6.93.